The van der Waals surface area contributed by atoms with Crippen molar-refractivity contribution in [1.29, 1.82) is 0 Å². The molecule has 0 aliphatic heterocycles. The Kier molecular flexibility index (Phi) is 3.00. The molecule has 1 aromatic carbocycles. The van der Waals surface area contributed by atoms with Crippen LogP contribution < -0.4 is 4.74 Å². The van der Waals surface area contributed by atoms with Gasteiger partial charge in [0.05, 0.1) is 12.7 Å². The molecule has 0 atom stereocenters. The number of rotatable bonds is 3. The van der Waals surface area contributed by atoms with Crippen molar-refractivity contribution in [1.82, 2.24) is 20.1 Å². The van der Waals surface area contributed by atoms with Crippen molar-refractivity contribution < 1.29 is 14.4 Å². The average Bonchev–Trinajstić information content (AvgIpc) is 2.97. The first-order valence-electron chi connectivity index (χ1n) is 5.76. The van der Waals surface area contributed by atoms with Crippen LogP contribution in [0.5, 0.6) is 11.6 Å². The highest BCUT2D eigenvalue weighted by atomic mass is 16.5. The van der Waals surface area contributed by atoms with Gasteiger partial charge in [-0.2, -0.15) is 4.98 Å². The number of phenols is 1. The van der Waals surface area contributed by atoms with Crippen LogP contribution in [-0.4, -0.2) is 32.3 Å². The molecule has 3 rings (SSSR count). The molecule has 3 aromatic rings. The molecule has 0 radical (unpaired) electrons. The van der Waals surface area contributed by atoms with E-state index in [1.807, 2.05) is 0 Å². The molecular formula is C13H10N4O3. The Morgan fingerprint density at radius 1 is 1.20 bits per heavy atom. The van der Waals surface area contributed by atoms with Crippen LogP contribution in [0.25, 0.3) is 23.0 Å². The summed E-state index contributed by atoms with van der Waals surface area (Å²) in [5.74, 6) is 0.992. The topological polar surface area (TPSA) is 94.2 Å². The normalized spacial score (nSPS) is 10.4. The van der Waals surface area contributed by atoms with Crippen molar-refractivity contribution in [3.63, 3.8) is 0 Å². The predicted octanol–water partition coefficient (Wildman–Crippen LogP) is 1.91. The minimum atomic E-state index is 0.0722. The summed E-state index contributed by atoms with van der Waals surface area (Å²) in [5, 5.41) is 13.6. The predicted molar refractivity (Wildman–Crippen MR) is 69.0 cm³/mol. The lowest BCUT2D eigenvalue weighted by Gasteiger charge is -1.98. The van der Waals surface area contributed by atoms with E-state index >= 15 is 0 Å². The number of aromatic hydroxyl groups is 1. The second-order valence-electron chi connectivity index (χ2n) is 3.89. The van der Waals surface area contributed by atoms with Gasteiger partial charge in [0, 0.05) is 6.07 Å². The van der Waals surface area contributed by atoms with Crippen molar-refractivity contribution in [2.45, 2.75) is 0 Å². The Labute approximate surface area is 113 Å². The Bertz CT molecular complexity index is 742. The highest BCUT2D eigenvalue weighted by Crippen LogP contribution is 2.28. The molecule has 0 amide bonds. The molecule has 0 fully saturated rings. The summed E-state index contributed by atoms with van der Waals surface area (Å²) in [7, 11) is 1.51. The minimum absolute atomic E-state index is 0.0722. The van der Waals surface area contributed by atoms with E-state index in [9.17, 15) is 5.11 Å². The maximum atomic E-state index is 9.75. The Morgan fingerprint density at radius 3 is 2.85 bits per heavy atom. The molecule has 7 heteroatoms. The van der Waals surface area contributed by atoms with E-state index in [4.69, 9.17) is 9.26 Å². The fraction of sp³-hybridized carbons (Fsp3) is 0.0769. The molecule has 1 N–H and O–H groups in total. The zero-order valence-corrected chi connectivity index (χ0v) is 10.5. The highest BCUT2D eigenvalue weighted by molar-refractivity contribution is 5.63. The fourth-order valence-electron chi connectivity index (χ4n) is 1.66. The molecule has 2 heterocycles. The molecule has 7 nitrogen and oxygen atoms in total. The maximum absolute atomic E-state index is 9.75. The summed E-state index contributed by atoms with van der Waals surface area (Å²) in [6.07, 6.45) is 1.35. The molecule has 0 aliphatic rings. The molecule has 0 saturated heterocycles. The van der Waals surface area contributed by atoms with Crippen LogP contribution in [0.4, 0.5) is 0 Å². The summed E-state index contributed by atoms with van der Waals surface area (Å²) in [4.78, 5) is 12.2. The van der Waals surface area contributed by atoms with Crippen LogP contribution in [0.3, 0.4) is 0 Å². The Hall–Kier alpha value is -2.96. The van der Waals surface area contributed by atoms with Crippen LogP contribution in [0.15, 0.2) is 41.2 Å². The molecule has 2 aromatic heterocycles. The van der Waals surface area contributed by atoms with E-state index in [-0.39, 0.29) is 11.6 Å². The van der Waals surface area contributed by atoms with Gasteiger partial charge in [0.1, 0.15) is 17.8 Å². The Morgan fingerprint density at radius 2 is 2.05 bits per heavy atom. The number of para-hydroxylation sites is 1. The van der Waals surface area contributed by atoms with Crippen LogP contribution in [0.2, 0.25) is 0 Å². The summed E-state index contributed by atoms with van der Waals surface area (Å²) >= 11 is 0. The highest BCUT2D eigenvalue weighted by Gasteiger charge is 2.14. The van der Waals surface area contributed by atoms with Crippen LogP contribution in [0, 0.1) is 0 Å². The number of hydrogen-bond donors (Lipinski definition) is 1. The number of methoxy groups -OCH3 is 1. The van der Waals surface area contributed by atoms with E-state index in [0.717, 1.165) is 0 Å². The molecule has 0 spiro atoms. The molecule has 0 saturated carbocycles. The van der Waals surface area contributed by atoms with E-state index < -0.39 is 0 Å². The smallest absolute Gasteiger partial charge is 0.262 e. The van der Waals surface area contributed by atoms with Gasteiger partial charge in [-0.15, -0.1) is 0 Å². The molecule has 0 unspecified atom stereocenters. The van der Waals surface area contributed by atoms with Crippen LogP contribution in [0.1, 0.15) is 0 Å². The second kappa shape index (κ2) is 4.96. The van der Waals surface area contributed by atoms with E-state index in [1.54, 1.807) is 30.3 Å². The summed E-state index contributed by atoms with van der Waals surface area (Å²) in [6, 6.07) is 8.32. The quantitative estimate of drug-likeness (QED) is 0.776. The minimum Gasteiger partial charge on any atom is -0.507 e. The number of phenolic OH excluding ortho intramolecular Hbond substituents is 1. The van der Waals surface area contributed by atoms with Gasteiger partial charge < -0.3 is 14.4 Å². The zero-order chi connectivity index (χ0) is 13.9. The lowest BCUT2D eigenvalue weighted by Crippen LogP contribution is -1.91. The zero-order valence-electron chi connectivity index (χ0n) is 10.5. The van der Waals surface area contributed by atoms with Gasteiger partial charge in [-0.25, -0.2) is 9.97 Å². The monoisotopic (exact) mass is 270 g/mol. The van der Waals surface area contributed by atoms with Gasteiger partial charge in [0.15, 0.2) is 0 Å². The standard InChI is InChI=1S/C13H10N4O3/c1-19-11-6-9(14-7-15-11)12-16-13(20-17-12)8-4-2-3-5-10(8)18/h2-7,18H,1H3. The van der Waals surface area contributed by atoms with Crippen molar-refractivity contribution in [2.24, 2.45) is 0 Å². The number of nitrogens with zero attached hydrogens (tertiary/aromatic N) is 4. The average molecular weight is 270 g/mol. The molecule has 100 valence electrons. The van der Waals surface area contributed by atoms with Crippen molar-refractivity contribution >= 4 is 0 Å². The lowest BCUT2D eigenvalue weighted by atomic mass is 10.2. The van der Waals surface area contributed by atoms with Gasteiger partial charge in [-0.3, -0.25) is 0 Å². The summed E-state index contributed by atoms with van der Waals surface area (Å²) in [6.45, 7) is 0. The van der Waals surface area contributed by atoms with Gasteiger partial charge >= 0.3 is 0 Å². The third-order valence-electron chi connectivity index (χ3n) is 2.64. The number of ether oxygens (including phenoxy) is 1. The Balaban J connectivity index is 2.00. The fourth-order valence-corrected chi connectivity index (χ4v) is 1.66. The first-order valence-corrected chi connectivity index (χ1v) is 5.76. The number of aromatic nitrogens is 4. The molecule has 20 heavy (non-hydrogen) atoms. The summed E-state index contributed by atoms with van der Waals surface area (Å²) < 4.78 is 10.1. The molecular weight excluding hydrogens is 260 g/mol. The third kappa shape index (κ3) is 2.16. The third-order valence-corrected chi connectivity index (χ3v) is 2.64. The summed E-state index contributed by atoms with van der Waals surface area (Å²) in [5.41, 5.74) is 0.939. The van der Waals surface area contributed by atoms with Crippen molar-refractivity contribution in [3.8, 4) is 34.6 Å². The van der Waals surface area contributed by atoms with E-state index in [0.29, 0.717) is 23.0 Å². The number of hydrogen-bond acceptors (Lipinski definition) is 7. The van der Waals surface area contributed by atoms with Gasteiger partial charge in [-0.05, 0) is 12.1 Å². The second-order valence-corrected chi connectivity index (χ2v) is 3.89. The van der Waals surface area contributed by atoms with Crippen molar-refractivity contribution in [3.05, 3.63) is 36.7 Å². The maximum Gasteiger partial charge on any atom is 0.262 e. The first-order chi connectivity index (χ1) is 9.78. The van der Waals surface area contributed by atoms with E-state index in [1.165, 1.54) is 13.4 Å². The number of benzene rings is 1. The first kappa shape index (κ1) is 12.1. The largest absolute Gasteiger partial charge is 0.507 e. The molecule has 0 bridgehead atoms. The van der Waals surface area contributed by atoms with Crippen molar-refractivity contribution in [2.75, 3.05) is 7.11 Å². The van der Waals surface area contributed by atoms with E-state index in [2.05, 4.69) is 20.1 Å². The van der Waals surface area contributed by atoms with Crippen LogP contribution in [-0.2, 0) is 0 Å². The van der Waals surface area contributed by atoms with Gasteiger partial charge in [-0.1, -0.05) is 17.3 Å². The molecule has 0 aliphatic carbocycles. The van der Waals surface area contributed by atoms with Crippen LogP contribution >= 0.6 is 0 Å². The lowest BCUT2D eigenvalue weighted by molar-refractivity contribution is 0.397. The van der Waals surface area contributed by atoms with Gasteiger partial charge in [0.2, 0.25) is 11.7 Å². The van der Waals surface area contributed by atoms with Gasteiger partial charge in [0.25, 0.3) is 5.89 Å². The SMILES string of the molecule is COc1cc(-c2noc(-c3ccccc3O)n2)ncn1.